The van der Waals surface area contributed by atoms with Crippen LogP contribution in [-0.4, -0.2) is 45.3 Å². The fourth-order valence-electron chi connectivity index (χ4n) is 4.78. The number of hydrogen-bond acceptors (Lipinski definition) is 7. The predicted octanol–water partition coefficient (Wildman–Crippen LogP) is 4.38. The lowest BCUT2D eigenvalue weighted by molar-refractivity contribution is -0.138. The predicted molar refractivity (Wildman–Crippen MR) is 151 cm³/mol. The van der Waals surface area contributed by atoms with Crippen molar-refractivity contribution in [3.63, 3.8) is 0 Å². The summed E-state index contributed by atoms with van der Waals surface area (Å²) in [5.74, 6) is -0.410. The molecule has 2 N–H and O–H groups in total. The summed E-state index contributed by atoms with van der Waals surface area (Å²) in [5, 5.41) is 5.73. The van der Waals surface area contributed by atoms with Crippen LogP contribution in [0.4, 0.5) is 4.39 Å². The molecule has 0 spiro atoms. The van der Waals surface area contributed by atoms with Gasteiger partial charge in [-0.3, -0.25) is 24.6 Å². The number of rotatable bonds is 8. The summed E-state index contributed by atoms with van der Waals surface area (Å²) in [6.07, 6.45) is 1.44. The van der Waals surface area contributed by atoms with Gasteiger partial charge in [-0.05, 0) is 72.8 Å². The third kappa shape index (κ3) is 6.52. The lowest BCUT2D eigenvalue weighted by Crippen LogP contribution is -2.49. The maximum atomic E-state index is 13.5. The molecule has 3 aromatic carbocycles. The Balaban J connectivity index is 1.28. The minimum Gasteiger partial charge on any atom is -0.457 e. The minimum absolute atomic E-state index is 0.133. The summed E-state index contributed by atoms with van der Waals surface area (Å²) >= 11 is 6.55. The average molecular weight is 564 g/mol. The van der Waals surface area contributed by atoms with Gasteiger partial charge in [0.05, 0.1) is 11.8 Å². The number of hydrogen-bond donors (Lipinski definition) is 2. The van der Waals surface area contributed by atoms with Crippen LogP contribution in [0.15, 0.2) is 78.9 Å². The highest BCUT2D eigenvalue weighted by Crippen LogP contribution is 2.32. The number of ether oxygens (including phenoxy) is 1. The van der Waals surface area contributed by atoms with Crippen LogP contribution in [0.25, 0.3) is 0 Å². The topological polar surface area (TPSA) is 87.7 Å². The standard InChI is InChI=1S/C29H26FN3O4S2/c30-21-8-12-23(13-9-21)37-22-10-6-20(7-11-22)26(33-25(34)17-39-29(33)38)28(36)32-27(35)24-15-19(16-31-24)14-18-4-2-1-3-5-18/h1-13,19,24,26,31H,14-17H2,(H,32,35,36)/t19-,24+,26?/m1/s1. The van der Waals surface area contributed by atoms with Gasteiger partial charge >= 0.3 is 0 Å². The minimum atomic E-state index is -1.11. The molecule has 1 unspecified atom stereocenters. The molecule has 5 rings (SSSR count). The van der Waals surface area contributed by atoms with Crippen molar-refractivity contribution >= 4 is 46.0 Å². The summed E-state index contributed by atoms with van der Waals surface area (Å²) in [4.78, 5) is 40.5. The molecule has 0 bridgehead atoms. The first-order chi connectivity index (χ1) is 18.9. The average Bonchev–Trinajstić information content (AvgIpc) is 3.54. The van der Waals surface area contributed by atoms with Gasteiger partial charge in [-0.1, -0.05) is 66.4 Å². The summed E-state index contributed by atoms with van der Waals surface area (Å²) < 4.78 is 19.2. The second-order valence-corrected chi connectivity index (χ2v) is 11.1. The molecule has 2 aliphatic heterocycles. The summed E-state index contributed by atoms with van der Waals surface area (Å²) in [6, 6.07) is 20.6. The van der Waals surface area contributed by atoms with Crippen LogP contribution in [0.1, 0.15) is 23.6 Å². The van der Waals surface area contributed by atoms with E-state index in [-0.39, 0.29) is 27.7 Å². The van der Waals surface area contributed by atoms with Crippen LogP contribution < -0.4 is 15.4 Å². The third-order valence-electron chi connectivity index (χ3n) is 6.69. The van der Waals surface area contributed by atoms with Gasteiger partial charge in [0.1, 0.15) is 27.7 Å². The molecule has 0 radical (unpaired) electrons. The molecule has 0 aliphatic carbocycles. The Morgan fingerprint density at radius 1 is 1.05 bits per heavy atom. The first-order valence-electron chi connectivity index (χ1n) is 12.5. The van der Waals surface area contributed by atoms with Gasteiger partial charge in [-0.15, -0.1) is 0 Å². The highest BCUT2D eigenvalue weighted by molar-refractivity contribution is 8.23. The molecule has 3 aromatic rings. The van der Waals surface area contributed by atoms with Crippen molar-refractivity contribution in [1.82, 2.24) is 15.5 Å². The molecule has 0 saturated carbocycles. The highest BCUT2D eigenvalue weighted by atomic mass is 32.2. The Morgan fingerprint density at radius 3 is 2.36 bits per heavy atom. The normalized spacial score (nSPS) is 19.7. The van der Waals surface area contributed by atoms with E-state index in [1.54, 1.807) is 24.3 Å². The largest absolute Gasteiger partial charge is 0.457 e. The molecule has 2 saturated heterocycles. The number of carbonyl (C=O) groups is 3. The van der Waals surface area contributed by atoms with E-state index < -0.39 is 23.9 Å². The summed E-state index contributed by atoms with van der Waals surface area (Å²) in [7, 11) is 0. The number of nitrogens with one attached hydrogen (secondary N) is 2. The molecule has 3 atom stereocenters. The van der Waals surface area contributed by atoms with E-state index in [1.807, 2.05) is 18.2 Å². The number of thiocarbonyl (C=S) groups is 1. The quantitative estimate of drug-likeness (QED) is 0.393. The van der Waals surface area contributed by atoms with Gasteiger partial charge < -0.3 is 10.1 Å². The molecule has 3 amide bonds. The molecule has 0 aromatic heterocycles. The molecule has 200 valence electrons. The van der Waals surface area contributed by atoms with Gasteiger partial charge in [0.15, 0.2) is 0 Å². The Kier molecular flexibility index (Phi) is 8.35. The molecular weight excluding hydrogens is 537 g/mol. The van der Waals surface area contributed by atoms with Crippen molar-refractivity contribution in [3.05, 3.63) is 95.8 Å². The zero-order chi connectivity index (χ0) is 27.4. The van der Waals surface area contributed by atoms with Crippen LogP contribution in [0.3, 0.4) is 0 Å². The highest BCUT2D eigenvalue weighted by Gasteiger charge is 2.40. The van der Waals surface area contributed by atoms with Crippen LogP contribution in [0, 0.1) is 11.7 Å². The number of thioether (sulfide) groups is 1. The number of benzene rings is 3. The number of imide groups is 1. The van der Waals surface area contributed by atoms with Crippen LogP contribution in [0.2, 0.25) is 0 Å². The Bertz CT molecular complexity index is 1350. The molecule has 2 fully saturated rings. The fraction of sp³-hybridized carbons (Fsp3) is 0.241. The number of halogens is 1. The number of carbonyl (C=O) groups excluding carboxylic acids is 3. The maximum absolute atomic E-state index is 13.5. The Morgan fingerprint density at radius 2 is 1.72 bits per heavy atom. The van der Waals surface area contributed by atoms with E-state index in [2.05, 4.69) is 22.8 Å². The second-order valence-electron chi connectivity index (χ2n) is 9.45. The van der Waals surface area contributed by atoms with Crippen molar-refractivity contribution in [3.8, 4) is 11.5 Å². The summed E-state index contributed by atoms with van der Waals surface area (Å²) in [6.45, 7) is 0.672. The maximum Gasteiger partial charge on any atom is 0.254 e. The Labute approximate surface area is 235 Å². The lowest BCUT2D eigenvalue weighted by atomic mass is 9.96. The molecule has 2 heterocycles. The van der Waals surface area contributed by atoms with Crippen LogP contribution >= 0.6 is 24.0 Å². The molecule has 2 aliphatic rings. The van der Waals surface area contributed by atoms with Crippen LogP contribution in [0.5, 0.6) is 11.5 Å². The van der Waals surface area contributed by atoms with Gasteiger partial charge in [-0.2, -0.15) is 0 Å². The second kappa shape index (κ2) is 12.1. The van der Waals surface area contributed by atoms with Crippen molar-refractivity contribution < 1.29 is 23.5 Å². The molecular formula is C29H26FN3O4S2. The summed E-state index contributed by atoms with van der Waals surface area (Å²) in [5.41, 5.74) is 1.68. The van der Waals surface area contributed by atoms with E-state index >= 15 is 0 Å². The van der Waals surface area contributed by atoms with Gasteiger partial charge in [0.25, 0.3) is 5.91 Å². The van der Waals surface area contributed by atoms with E-state index in [9.17, 15) is 18.8 Å². The van der Waals surface area contributed by atoms with Crippen molar-refractivity contribution in [2.75, 3.05) is 12.3 Å². The monoisotopic (exact) mass is 563 g/mol. The molecule has 10 heteroatoms. The molecule has 39 heavy (non-hydrogen) atoms. The smallest absolute Gasteiger partial charge is 0.254 e. The first-order valence-corrected chi connectivity index (χ1v) is 13.9. The lowest BCUT2D eigenvalue weighted by Gasteiger charge is -2.27. The van der Waals surface area contributed by atoms with E-state index in [0.717, 1.165) is 6.42 Å². The van der Waals surface area contributed by atoms with Gasteiger partial charge in [-0.25, -0.2) is 4.39 Å². The van der Waals surface area contributed by atoms with Gasteiger partial charge in [0, 0.05) is 0 Å². The SMILES string of the molecule is O=C(NC(=O)[C@@H]1C[C@@H](Cc2ccccc2)CN1)C(c1ccc(Oc2ccc(F)cc2)cc1)N1C(=O)CSC1=S. The number of amides is 3. The van der Waals surface area contributed by atoms with E-state index in [1.165, 1.54) is 46.5 Å². The van der Waals surface area contributed by atoms with Crippen molar-refractivity contribution in [2.45, 2.75) is 24.9 Å². The van der Waals surface area contributed by atoms with Crippen molar-refractivity contribution in [1.29, 1.82) is 0 Å². The zero-order valence-electron chi connectivity index (χ0n) is 20.8. The van der Waals surface area contributed by atoms with Crippen LogP contribution in [-0.2, 0) is 20.8 Å². The zero-order valence-corrected chi connectivity index (χ0v) is 22.5. The van der Waals surface area contributed by atoms with E-state index in [4.69, 9.17) is 17.0 Å². The van der Waals surface area contributed by atoms with E-state index in [0.29, 0.717) is 30.0 Å². The van der Waals surface area contributed by atoms with Crippen molar-refractivity contribution in [2.24, 2.45) is 5.92 Å². The molecule has 7 nitrogen and oxygen atoms in total. The Hall–Kier alpha value is -3.60. The van der Waals surface area contributed by atoms with Gasteiger partial charge in [0.2, 0.25) is 11.8 Å². The first kappa shape index (κ1) is 27.0. The number of nitrogens with zero attached hydrogens (tertiary/aromatic N) is 1. The third-order valence-corrected chi connectivity index (χ3v) is 8.07. The fourth-order valence-corrected chi connectivity index (χ4v) is 5.89.